The summed E-state index contributed by atoms with van der Waals surface area (Å²) >= 11 is 0. The van der Waals surface area contributed by atoms with E-state index in [2.05, 4.69) is 0 Å². The summed E-state index contributed by atoms with van der Waals surface area (Å²) in [5, 5.41) is 9.33. The minimum Gasteiger partial charge on any atom is -0.481 e. The van der Waals surface area contributed by atoms with Gasteiger partial charge in [0.05, 0.1) is 11.0 Å². The third kappa shape index (κ3) is 2.99. The van der Waals surface area contributed by atoms with Gasteiger partial charge in [-0.05, 0) is 31.4 Å². The quantitative estimate of drug-likeness (QED) is 0.923. The monoisotopic (exact) mass is 301 g/mol. The lowest BCUT2D eigenvalue weighted by Crippen LogP contribution is -2.44. The number of carbonyl (C=O) groups is 1. The molecule has 1 aliphatic rings. The summed E-state index contributed by atoms with van der Waals surface area (Å²) in [5.74, 6) is -0.853. The van der Waals surface area contributed by atoms with Crippen molar-refractivity contribution in [2.75, 3.05) is 18.0 Å². The number of carboxylic acids is 1. The van der Waals surface area contributed by atoms with Gasteiger partial charge in [0, 0.05) is 18.8 Å². The summed E-state index contributed by atoms with van der Waals surface area (Å²) in [6.45, 7) is 2.47. The van der Waals surface area contributed by atoms with Crippen LogP contribution in [0.25, 0.3) is 0 Å². The lowest BCUT2D eigenvalue weighted by Gasteiger charge is -2.40. The Balaban J connectivity index is 2.22. The lowest BCUT2D eigenvalue weighted by molar-refractivity contribution is -0.150. The Labute approximate surface area is 121 Å². The minimum absolute atomic E-state index is 0.139. The van der Waals surface area contributed by atoms with Crippen molar-refractivity contribution in [3.05, 3.63) is 29.8 Å². The Morgan fingerprint density at radius 1 is 1.29 bits per heavy atom. The number of halogens is 3. The topological polar surface area (TPSA) is 40.5 Å². The SMILES string of the molecule is CCC1(C(=O)O)CCN(c2ccccc2C(F)(F)F)CC1. The smallest absolute Gasteiger partial charge is 0.418 e. The van der Waals surface area contributed by atoms with Crippen molar-refractivity contribution in [2.45, 2.75) is 32.4 Å². The maximum absolute atomic E-state index is 13.0. The number of hydrogen-bond donors (Lipinski definition) is 1. The van der Waals surface area contributed by atoms with Crippen LogP contribution in [0, 0.1) is 5.41 Å². The summed E-state index contributed by atoms with van der Waals surface area (Å²) in [6, 6.07) is 5.45. The summed E-state index contributed by atoms with van der Waals surface area (Å²) in [5.41, 5.74) is -1.33. The molecule has 1 aromatic carbocycles. The molecule has 1 heterocycles. The second-order valence-electron chi connectivity index (χ2n) is 5.44. The third-order valence-corrected chi connectivity index (χ3v) is 4.40. The molecule has 6 heteroatoms. The molecule has 3 nitrogen and oxygen atoms in total. The number of anilines is 1. The zero-order chi connectivity index (χ0) is 15.7. The van der Waals surface area contributed by atoms with Crippen molar-refractivity contribution in [3.8, 4) is 0 Å². The lowest BCUT2D eigenvalue weighted by atomic mass is 9.76. The van der Waals surface area contributed by atoms with Gasteiger partial charge in [0.1, 0.15) is 0 Å². The van der Waals surface area contributed by atoms with E-state index in [1.54, 1.807) is 11.0 Å². The third-order valence-electron chi connectivity index (χ3n) is 4.40. The molecule has 0 aromatic heterocycles. The van der Waals surface area contributed by atoms with E-state index >= 15 is 0 Å². The Morgan fingerprint density at radius 2 is 1.86 bits per heavy atom. The Bertz CT molecular complexity index is 520. The number of rotatable bonds is 3. The fourth-order valence-electron chi connectivity index (χ4n) is 2.88. The second kappa shape index (κ2) is 5.58. The van der Waals surface area contributed by atoms with Crippen molar-refractivity contribution >= 4 is 11.7 Å². The van der Waals surface area contributed by atoms with E-state index in [1.807, 2.05) is 6.92 Å². The molecule has 0 spiro atoms. The molecule has 0 amide bonds. The summed E-state index contributed by atoms with van der Waals surface area (Å²) in [4.78, 5) is 13.0. The highest BCUT2D eigenvalue weighted by atomic mass is 19.4. The van der Waals surface area contributed by atoms with E-state index in [1.165, 1.54) is 12.1 Å². The molecule has 0 saturated carbocycles. The van der Waals surface area contributed by atoms with Crippen molar-refractivity contribution in [2.24, 2.45) is 5.41 Å². The Morgan fingerprint density at radius 3 is 2.33 bits per heavy atom. The van der Waals surface area contributed by atoms with Crippen LogP contribution in [-0.4, -0.2) is 24.2 Å². The number of hydrogen-bond acceptors (Lipinski definition) is 2. The Hall–Kier alpha value is -1.72. The highest BCUT2D eigenvalue weighted by Gasteiger charge is 2.41. The fourth-order valence-corrected chi connectivity index (χ4v) is 2.88. The number of carboxylic acid groups (broad SMARTS) is 1. The van der Waals surface area contributed by atoms with Gasteiger partial charge < -0.3 is 10.0 Å². The van der Waals surface area contributed by atoms with Crippen LogP contribution in [0.2, 0.25) is 0 Å². The van der Waals surface area contributed by atoms with Crippen molar-refractivity contribution in [1.82, 2.24) is 0 Å². The molecular formula is C15H18F3NO2. The van der Waals surface area contributed by atoms with Crippen molar-refractivity contribution < 1.29 is 23.1 Å². The van der Waals surface area contributed by atoms with Gasteiger partial charge in [-0.25, -0.2) is 0 Å². The van der Waals surface area contributed by atoms with Gasteiger partial charge in [-0.15, -0.1) is 0 Å². The van der Waals surface area contributed by atoms with Crippen LogP contribution in [-0.2, 0) is 11.0 Å². The van der Waals surface area contributed by atoms with Crippen LogP contribution in [0.1, 0.15) is 31.7 Å². The zero-order valence-corrected chi connectivity index (χ0v) is 11.8. The molecule has 1 aliphatic heterocycles. The van der Waals surface area contributed by atoms with Gasteiger partial charge in [0.2, 0.25) is 0 Å². The number of para-hydroxylation sites is 1. The van der Waals surface area contributed by atoms with E-state index in [0.717, 1.165) is 6.07 Å². The average molecular weight is 301 g/mol. The number of alkyl halides is 3. The maximum atomic E-state index is 13.0. The van der Waals surface area contributed by atoms with Crippen LogP contribution in [0.5, 0.6) is 0 Å². The molecular weight excluding hydrogens is 283 g/mol. The number of aliphatic carboxylic acids is 1. The molecule has 2 rings (SSSR count). The van der Waals surface area contributed by atoms with Gasteiger partial charge >= 0.3 is 12.1 Å². The molecule has 0 unspecified atom stereocenters. The largest absolute Gasteiger partial charge is 0.481 e. The minimum atomic E-state index is -4.40. The zero-order valence-electron chi connectivity index (χ0n) is 11.8. The first-order chi connectivity index (χ1) is 9.80. The van der Waals surface area contributed by atoms with E-state index in [4.69, 9.17) is 0 Å². The first-order valence-electron chi connectivity index (χ1n) is 6.95. The molecule has 21 heavy (non-hydrogen) atoms. The van der Waals surface area contributed by atoms with E-state index < -0.39 is 23.1 Å². The molecule has 0 bridgehead atoms. The second-order valence-corrected chi connectivity index (χ2v) is 5.44. The van der Waals surface area contributed by atoms with Gasteiger partial charge in [0.15, 0.2) is 0 Å². The van der Waals surface area contributed by atoms with Gasteiger partial charge in [-0.2, -0.15) is 13.2 Å². The van der Waals surface area contributed by atoms with Crippen LogP contribution < -0.4 is 4.90 Å². The number of benzene rings is 1. The molecule has 1 aromatic rings. The van der Waals surface area contributed by atoms with Crippen molar-refractivity contribution in [1.29, 1.82) is 0 Å². The standard InChI is InChI=1S/C15H18F3NO2/c1-2-14(13(20)21)7-9-19(10-8-14)12-6-4-3-5-11(12)15(16,17)18/h3-6H,2,7-10H2,1H3,(H,20,21). The molecule has 0 atom stereocenters. The summed E-state index contributed by atoms with van der Waals surface area (Å²) in [6.07, 6.45) is -3.17. The number of nitrogens with zero attached hydrogens (tertiary/aromatic N) is 1. The van der Waals surface area contributed by atoms with Crippen LogP contribution in [0.15, 0.2) is 24.3 Å². The van der Waals surface area contributed by atoms with E-state index in [-0.39, 0.29) is 5.69 Å². The van der Waals surface area contributed by atoms with E-state index in [0.29, 0.717) is 32.4 Å². The fraction of sp³-hybridized carbons (Fsp3) is 0.533. The van der Waals surface area contributed by atoms with Crippen LogP contribution >= 0.6 is 0 Å². The molecule has 1 N–H and O–H groups in total. The first-order valence-corrected chi connectivity index (χ1v) is 6.95. The normalized spacial score (nSPS) is 18.6. The first kappa shape index (κ1) is 15.7. The highest BCUT2D eigenvalue weighted by molar-refractivity contribution is 5.75. The maximum Gasteiger partial charge on any atom is 0.418 e. The molecule has 1 fully saturated rings. The van der Waals surface area contributed by atoms with Crippen LogP contribution in [0.3, 0.4) is 0 Å². The Kier molecular flexibility index (Phi) is 4.16. The molecule has 0 radical (unpaired) electrons. The summed E-state index contributed by atoms with van der Waals surface area (Å²) in [7, 11) is 0. The predicted octanol–water partition coefficient (Wildman–Crippen LogP) is 3.79. The van der Waals surface area contributed by atoms with Gasteiger partial charge in [-0.1, -0.05) is 19.1 Å². The van der Waals surface area contributed by atoms with Crippen LogP contribution in [0.4, 0.5) is 18.9 Å². The number of piperidine rings is 1. The average Bonchev–Trinajstić information content (AvgIpc) is 2.46. The summed E-state index contributed by atoms with van der Waals surface area (Å²) < 4.78 is 39.1. The highest BCUT2D eigenvalue weighted by Crippen LogP contribution is 2.41. The molecule has 0 aliphatic carbocycles. The van der Waals surface area contributed by atoms with Gasteiger partial charge in [-0.3, -0.25) is 4.79 Å². The molecule has 1 saturated heterocycles. The van der Waals surface area contributed by atoms with E-state index in [9.17, 15) is 23.1 Å². The van der Waals surface area contributed by atoms with Crippen molar-refractivity contribution in [3.63, 3.8) is 0 Å². The predicted molar refractivity (Wildman–Crippen MR) is 73.3 cm³/mol. The van der Waals surface area contributed by atoms with Gasteiger partial charge in [0.25, 0.3) is 0 Å². The molecule has 116 valence electrons.